The summed E-state index contributed by atoms with van der Waals surface area (Å²) in [5.74, 6) is 1.06. The summed E-state index contributed by atoms with van der Waals surface area (Å²) in [5, 5.41) is 0. The number of nitrogens with zero attached hydrogens (tertiary/aromatic N) is 2. The van der Waals surface area contributed by atoms with Crippen molar-refractivity contribution in [3.8, 4) is 11.3 Å². The molecule has 1 heterocycles. The van der Waals surface area contributed by atoms with Crippen LogP contribution < -0.4 is 0 Å². The van der Waals surface area contributed by atoms with Crippen LogP contribution in [0.1, 0.15) is 11.5 Å². The quantitative estimate of drug-likeness (QED) is 0.669. The highest BCUT2D eigenvalue weighted by Gasteiger charge is 2.09. The summed E-state index contributed by atoms with van der Waals surface area (Å²) < 4.78 is 2.13. The third kappa shape index (κ3) is 1.33. The first-order valence-electron chi connectivity index (χ1n) is 4.75. The van der Waals surface area contributed by atoms with Gasteiger partial charge in [0.15, 0.2) is 0 Å². The van der Waals surface area contributed by atoms with Crippen LogP contribution >= 0.6 is 0 Å². The molecule has 1 aromatic heterocycles. The third-order valence-corrected chi connectivity index (χ3v) is 2.54. The second kappa shape index (κ2) is 3.29. The normalized spacial score (nSPS) is 10.5. The summed E-state index contributed by atoms with van der Waals surface area (Å²) in [6.07, 6.45) is 0. The lowest BCUT2D eigenvalue weighted by Crippen LogP contribution is -1.94. The van der Waals surface area contributed by atoms with Gasteiger partial charge in [-0.05, 0) is 13.8 Å². The lowest BCUT2D eigenvalue weighted by Gasteiger charge is -2.04. The van der Waals surface area contributed by atoms with E-state index in [4.69, 9.17) is 0 Å². The minimum absolute atomic E-state index is 1.06. The van der Waals surface area contributed by atoms with Crippen LogP contribution in [0.5, 0.6) is 0 Å². The third-order valence-electron chi connectivity index (χ3n) is 2.54. The van der Waals surface area contributed by atoms with Gasteiger partial charge < -0.3 is 4.57 Å². The maximum absolute atomic E-state index is 4.45. The molecular weight excluding hydrogens is 172 g/mol. The van der Waals surface area contributed by atoms with Gasteiger partial charge in [0.25, 0.3) is 0 Å². The van der Waals surface area contributed by atoms with Crippen molar-refractivity contribution in [3.05, 3.63) is 41.9 Å². The van der Waals surface area contributed by atoms with Gasteiger partial charge in [-0.3, -0.25) is 0 Å². The molecule has 14 heavy (non-hydrogen) atoms. The molecule has 0 N–H and O–H groups in total. The van der Waals surface area contributed by atoms with E-state index >= 15 is 0 Å². The van der Waals surface area contributed by atoms with E-state index in [-0.39, 0.29) is 0 Å². The van der Waals surface area contributed by atoms with Crippen LogP contribution in [0.25, 0.3) is 11.3 Å². The van der Waals surface area contributed by atoms with E-state index in [9.17, 15) is 0 Å². The molecule has 2 aromatic rings. The van der Waals surface area contributed by atoms with Crippen molar-refractivity contribution in [1.82, 2.24) is 9.55 Å². The van der Waals surface area contributed by atoms with Crippen LogP contribution in [0, 0.1) is 13.8 Å². The van der Waals surface area contributed by atoms with Crippen LogP contribution in [0.15, 0.2) is 30.3 Å². The van der Waals surface area contributed by atoms with E-state index in [2.05, 4.69) is 47.8 Å². The van der Waals surface area contributed by atoms with Gasteiger partial charge in [-0.15, -0.1) is 0 Å². The van der Waals surface area contributed by atoms with Crippen molar-refractivity contribution in [2.45, 2.75) is 13.8 Å². The van der Waals surface area contributed by atoms with Crippen LogP contribution in [0.3, 0.4) is 0 Å². The number of imidazole rings is 1. The largest absolute Gasteiger partial charge is 0.331 e. The molecule has 72 valence electrons. The van der Waals surface area contributed by atoms with Gasteiger partial charge in [0.1, 0.15) is 5.82 Å². The molecule has 0 spiro atoms. The van der Waals surface area contributed by atoms with Crippen molar-refractivity contribution in [2.24, 2.45) is 7.05 Å². The summed E-state index contributed by atoms with van der Waals surface area (Å²) in [6, 6.07) is 10.4. The number of hydrogen-bond donors (Lipinski definition) is 0. The Morgan fingerprint density at radius 2 is 1.71 bits per heavy atom. The molecule has 0 aliphatic carbocycles. The molecule has 0 aliphatic heterocycles. The highest BCUT2D eigenvalue weighted by Crippen LogP contribution is 2.22. The van der Waals surface area contributed by atoms with Gasteiger partial charge in [-0.25, -0.2) is 4.98 Å². The molecule has 0 radical (unpaired) electrons. The van der Waals surface area contributed by atoms with Crippen LogP contribution in [0.2, 0.25) is 0 Å². The summed E-state index contributed by atoms with van der Waals surface area (Å²) in [7, 11) is 2.05. The highest BCUT2D eigenvalue weighted by molar-refractivity contribution is 5.62. The van der Waals surface area contributed by atoms with Crippen LogP contribution in [0.4, 0.5) is 0 Å². The molecule has 1 aromatic carbocycles. The van der Waals surface area contributed by atoms with Gasteiger partial charge in [-0.1, -0.05) is 30.3 Å². The molecule has 0 saturated heterocycles. The Morgan fingerprint density at radius 1 is 1.07 bits per heavy atom. The van der Waals surface area contributed by atoms with E-state index in [1.165, 1.54) is 11.3 Å². The number of hydrogen-bond acceptors (Lipinski definition) is 1. The monoisotopic (exact) mass is 186 g/mol. The summed E-state index contributed by atoms with van der Waals surface area (Å²) in [4.78, 5) is 4.45. The molecule has 0 atom stereocenters. The first-order chi connectivity index (χ1) is 6.70. The zero-order valence-electron chi connectivity index (χ0n) is 8.78. The maximum Gasteiger partial charge on any atom is 0.106 e. The van der Waals surface area contributed by atoms with Gasteiger partial charge in [0.05, 0.1) is 11.4 Å². The summed E-state index contributed by atoms with van der Waals surface area (Å²) >= 11 is 0. The molecule has 0 unspecified atom stereocenters. The molecular formula is C12H14N2. The number of aryl methyl sites for hydroxylation is 2. The Balaban J connectivity index is 2.62. The van der Waals surface area contributed by atoms with Gasteiger partial charge >= 0.3 is 0 Å². The van der Waals surface area contributed by atoms with E-state index in [1.54, 1.807) is 0 Å². The Hall–Kier alpha value is -1.57. The molecule has 0 fully saturated rings. The van der Waals surface area contributed by atoms with Gasteiger partial charge in [0.2, 0.25) is 0 Å². The SMILES string of the molecule is Cc1nc(C)n(C)c1-c1ccccc1. The van der Waals surface area contributed by atoms with Crippen LogP contribution in [-0.2, 0) is 7.05 Å². The number of benzene rings is 1. The van der Waals surface area contributed by atoms with E-state index in [0.29, 0.717) is 0 Å². The lowest BCUT2D eigenvalue weighted by atomic mass is 10.1. The van der Waals surface area contributed by atoms with Crippen molar-refractivity contribution in [3.63, 3.8) is 0 Å². The summed E-state index contributed by atoms with van der Waals surface area (Å²) in [6.45, 7) is 4.08. The first kappa shape index (κ1) is 9.00. The Bertz CT molecular complexity index is 441. The van der Waals surface area contributed by atoms with Crippen molar-refractivity contribution in [2.75, 3.05) is 0 Å². The molecule has 2 nitrogen and oxygen atoms in total. The smallest absolute Gasteiger partial charge is 0.106 e. The summed E-state index contributed by atoms with van der Waals surface area (Å²) in [5.41, 5.74) is 3.53. The van der Waals surface area contributed by atoms with Crippen molar-refractivity contribution < 1.29 is 0 Å². The van der Waals surface area contributed by atoms with Gasteiger partial charge in [0, 0.05) is 12.6 Å². The minimum atomic E-state index is 1.06. The number of aromatic nitrogens is 2. The van der Waals surface area contributed by atoms with Crippen LogP contribution in [-0.4, -0.2) is 9.55 Å². The molecule has 2 rings (SSSR count). The maximum atomic E-state index is 4.45. The topological polar surface area (TPSA) is 17.8 Å². The Kier molecular flexibility index (Phi) is 2.12. The second-order valence-electron chi connectivity index (χ2n) is 3.52. The van der Waals surface area contributed by atoms with Crippen molar-refractivity contribution in [1.29, 1.82) is 0 Å². The molecule has 0 bridgehead atoms. The Morgan fingerprint density at radius 3 is 2.21 bits per heavy atom. The predicted octanol–water partition coefficient (Wildman–Crippen LogP) is 2.70. The standard InChI is InChI=1S/C12H14N2/c1-9-12(14(3)10(2)13-9)11-7-5-4-6-8-11/h4-8H,1-3H3. The fourth-order valence-electron chi connectivity index (χ4n) is 1.77. The van der Waals surface area contributed by atoms with Crippen molar-refractivity contribution >= 4 is 0 Å². The fraction of sp³-hybridized carbons (Fsp3) is 0.250. The van der Waals surface area contributed by atoms with E-state index in [0.717, 1.165) is 11.5 Å². The Labute approximate surface area is 84.2 Å². The average Bonchev–Trinajstić information content (AvgIpc) is 2.43. The zero-order valence-corrected chi connectivity index (χ0v) is 8.78. The minimum Gasteiger partial charge on any atom is -0.331 e. The van der Waals surface area contributed by atoms with Gasteiger partial charge in [-0.2, -0.15) is 0 Å². The molecule has 0 aliphatic rings. The molecule has 0 amide bonds. The molecule has 2 heteroatoms. The highest BCUT2D eigenvalue weighted by atomic mass is 15.1. The average molecular weight is 186 g/mol. The van der Waals surface area contributed by atoms with E-state index < -0.39 is 0 Å². The first-order valence-corrected chi connectivity index (χ1v) is 4.75. The molecule has 0 saturated carbocycles. The number of rotatable bonds is 1. The van der Waals surface area contributed by atoms with E-state index in [1.807, 2.05) is 13.0 Å². The predicted molar refractivity (Wildman–Crippen MR) is 58.1 cm³/mol. The fourth-order valence-corrected chi connectivity index (χ4v) is 1.77. The second-order valence-corrected chi connectivity index (χ2v) is 3.52. The zero-order chi connectivity index (χ0) is 10.1. The lowest BCUT2D eigenvalue weighted by molar-refractivity contribution is 0.865.